The van der Waals surface area contributed by atoms with Crippen LogP contribution in [-0.4, -0.2) is 16.1 Å². The number of nitrogens with two attached hydrogens (primary N) is 1. The number of rotatable bonds is 4. The Kier molecular flexibility index (Phi) is 2.66. The zero-order valence-corrected chi connectivity index (χ0v) is 6.21. The van der Waals surface area contributed by atoms with Crippen molar-refractivity contribution >= 4 is 5.91 Å². The van der Waals surface area contributed by atoms with E-state index in [0.29, 0.717) is 6.42 Å². The van der Waals surface area contributed by atoms with E-state index in [9.17, 15) is 4.79 Å². The van der Waals surface area contributed by atoms with Crippen LogP contribution in [0.4, 0.5) is 0 Å². The number of nitrogens with one attached hydrogen (secondary N) is 1. The van der Waals surface area contributed by atoms with Crippen molar-refractivity contribution in [2.45, 2.75) is 19.3 Å². The fourth-order valence-electron chi connectivity index (χ4n) is 0.881. The van der Waals surface area contributed by atoms with Crippen LogP contribution in [0.15, 0.2) is 12.4 Å². The van der Waals surface area contributed by atoms with Gasteiger partial charge in [0.1, 0.15) is 0 Å². The molecule has 1 rings (SSSR count). The average Bonchev–Trinajstić information content (AvgIpc) is 2.39. The number of aromatic nitrogens is 2. The van der Waals surface area contributed by atoms with Gasteiger partial charge in [0, 0.05) is 12.6 Å². The molecule has 1 aromatic heterocycles. The number of hydrogen-bond donors (Lipinski definition) is 2. The molecule has 1 heterocycles. The van der Waals surface area contributed by atoms with Crippen LogP contribution in [0.5, 0.6) is 0 Å². The van der Waals surface area contributed by atoms with Gasteiger partial charge in [0.25, 0.3) is 0 Å². The first-order chi connectivity index (χ1) is 5.29. The summed E-state index contributed by atoms with van der Waals surface area (Å²) in [4.78, 5) is 10.3. The summed E-state index contributed by atoms with van der Waals surface area (Å²) in [6, 6.07) is 0. The minimum Gasteiger partial charge on any atom is -0.370 e. The minimum absolute atomic E-state index is 0.242. The molecule has 4 nitrogen and oxygen atoms in total. The highest BCUT2D eigenvalue weighted by Crippen LogP contribution is 2.00. The van der Waals surface area contributed by atoms with Gasteiger partial charge in [-0.15, -0.1) is 0 Å². The zero-order valence-electron chi connectivity index (χ0n) is 6.21. The van der Waals surface area contributed by atoms with Crippen LogP contribution in [0, 0.1) is 0 Å². The van der Waals surface area contributed by atoms with Crippen LogP contribution >= 0.6 is 0 Å². The van der Waals surface area contributed by atoms with E-state index in [4.69, 9.17) is 5.73 Å². The maximum atomic E-state index is 10.3. The van der Waals surface area contributed by atoms with Gasteiger partial charge in [-0.2, -0.15) is 5.10 Å². The Hall–Kier alpha value is -1.32. The Morgan fingerprint density at radius 3 is 3.09 bits per heavy atom. The smallest absolute Gasteiger partial charge is 0.217 e. The molecule has 0 radical (unpaired) electrons. The number of aromatic amines is 1. The van der Waals surface area contributed by atoms with Crippen molar-refractivity contribution < 1.29 is 4.79 Å². The minimum atomic E-state index is -0.242. The van der Waals surface area contributed by atoms with Crippen LogP contribution < -0.4 is 5.73 Å². The first-order valence-corrected chi connectivity index (χ1v) is 3.55. The summed E-state index contributed by atoms with van der Waals surface area (Å²) in [5, 5.41) is 6.48. The summed E-state index contributed by atoms with van der Waals surface area (Å²) >= 11 is 0. The largest absolute Gasteiger partial charge is 0.370 e. The van der Waals surface area contributed by atoms with Crippen LogP contribution in [0.1, 0.15) is 18.4 Å². The highest BCUT2D eigenvalue weighted by molar-refractivity contribution is 5.73. The molecular weight excluding hydrogens is 142 g/mol. The van der Waals surface area contributed by atoms with Gasteiger partial charge in [-0.3, -0.25) is 9.89 Å². The molecule has 4 heteroatoms. The maximum Gasteiger partial charge on any atom is 0.217 e. The van der Waals surface area contributed by atoms with Gasteiger partial charge in [-0.1, -0.05) is 0 Å². The second-order valence-corrected chi connectivity index (χ2v) is 2.43. The van der Waals surface area contributed by atoms with E-state index in [0.717, 1.165) is 18.4 Å². The summed E-state index contributed by atoms with van der Waals surface area (Å²) in [5.74, 6) is -0.242. The molecule has 3 N–H and O–H groups in total. The first-order valence-electron chi connectivity index (χ1n) is 3.55. The Labute approximate surface area is 64.8 Å². The van der Waals surface area contributed by atoms with Gasteiger partial charge in [-0.05, 0) is 18.4 Å². The second-order valence-electron chi connectivity index (χ2n) is 2.43. The van der Waals surface area contributed by atoms with Crippen molar-refractivity contribution in [2.24, 2.45) is 5.73 Å². The molecule has 0 spiro atoms. The molecule has 0 bridgehead atoms. The monoisotopic (exact) mass is 153 g/mol. The molecular formula is C7H11N3O. The Morgan fingerprint density at radius 1 is 1.73 bits per heavy atom. The van der Waals surface area contributed by atoms with Gasteiger partial charge in [-0.25, -0.2) is 0 Å². The molecule has 0 unspecified atom stereocenters. The summed E-state index contributed by atoms with van der Waals surface area (Å²) in [5.41, 5.74) is 6.09. The van der Waals surface area contributed by atoms with E-state index in [1.54, 1.807) is 6.20 Å². The fraction of sp³-hybridized carbons (Fsp3) is 0.429. The molecule has 0 aliphatic carbocycles. The van der Waals surface area contributed by atoms with Gasteiger partial charge < -0.3 is 5.73 Å². The van der Waals surface area contributed by atoms with Crippen molar-refractivity contribution in [3.05, 3.63) is 18.0 Å². The molecule has 0 fully saturated rings. The predicted molar refractivity (Wildman–Crippen MR) is 40.7 cm³/mol. The SMILES string of the molecule is NC(=O)CCCc1cn[nH]c1. The Bertz CT molecular complexity index is 218. The number of primary amides is 1. The van der Waals surface area contributed by atoms with Crippen LogP contribution in [0.2, 0.25) is 0 Å². The topological polar surface area (TPSA) is 71.8 Å². The lowest BCUT2D eigenvalue weighted by atomic mass is 10.1. The average molecular weight is 153 g/mol. The molecule has 1 amide bonds. The van der Waals surface area contributed by atoms with E-state index in [2.05, 4.69) is 10.2 Å². The molecule has 1 aromatic rings. The molecule has 60 valence electrons. The van der Waals surface area contributed by atoms with Crippen LogP contribution in [0.25, 0.3) is 0 Å². The highest BCUT2D eigenvalue weighted by atomic mass is 16.1. The predicted octanol–water partition coefficient (Wildman–Crippen LogP) is 0.218. The highest BCUT2D eigenvalue weighted by Gasteiger charge is 1.96. The van der Waals surface area contributed by atoms with E-state index in [1.807, 2.05) is 6.20 Å². The van der Waals surface area contributed by atoms with Crippen molar-refractivity contribution in [1.82, 2.24) is 10.2 Å². The number of nitrogens with zero attached hydrogens (tertiary/aromatic N) is 1. The van der Waals surface area contributed by atoms with E-state index in [1.165, 1.54) is 0 Å². The summed E-state index contributed by atoms with van der Waals surface area (Å²) in [7, 11) is 0. The van der Waals surface area contributed by atoms with Crippen LogP contribution in [0.3, 0.4) is 0 Å². The molecule has 0 aromatic carbocycles. The number of carbonyl (C=O) groups excluding carboxylic acids is 1. The van der Waals surface area contributed by atoms with Gasteiger partial charge in [0.15, 0.2) is 0 Å². The lowest BCUT2D eigenvalue weighted by Crippen LogP contribution is -2.09. The van der Waals surface area contributed by atoms with Crippen LogP contribution in [-0.2, 0) is 11.2 Å². The summed E-state index contributed by atoms with van der Waals surface area (Å²) in [6.07, 6.45) is 5.68. The van der Waals surface area contributed by atoms with Gasteiger partial charge >= 0.3 is 0 Å². The van der Waals surface area contributed by atoms with E-state index >= 15 is 0 Å². The van der Waals surface area contributed by atoms with Crippen molar-refractivity contribution in [3.63, 3.8) is 0 Å². The van der Waals surface area contributed by atoms with Crippen molar-refractivity contribution in [1.29, 1.82) is 0 Å². The molecule has 0 aliphatic heterocycles. The molecule has 0 saturated carbocycles. The molecule has 0 aliphatic rings. The van der Waals surface area contributed by atoms with Crippen molar-refractivity contribution in [2.75, 3.05) is 0 Å². The van der Waals surface area contributed by atoms with E-state index < -0.39 is 0 Å². The first kappa shape index (κ1) is 7.78. The second kappa shape index (κ2) is 3.75. The number of carbonyl (C=O) groups is 1. The third-order valence-corrected chi connectivity index (χ3v) is 1.44. The third-order valence-electron chi connectivity index (χ3n) is 1.44. The normalized spacial score (nSPS) is 9.82. The summed E-state index contributed by atoms with van der Waals surface area (Å²) < 4.78 is 0. The molecule has 0 saturated heterocycles. The standard InChI is InChI=1S/C7H11N3O/c8-7(11)3-1-2-6-4-9-10-5-6/h4-5H,1-3H2,(H2,8,11)(H,9,10). The number of amides is 1. The van der Waals surface area contributed by atoms with Gasteiger partial charge in [0.2, 0.25) is 5.91 Å². The Morgan fingerprint density at radius 2 is 2.55 bits per heavy atom. The quantitative estimate of drug-likeness (QED) is 0.649. The number of aryl methyl sites for hydroxylation is 1. The Balaban J connectivity index is 2.19. The zero-order chi connectivity index (χ0) is 8.10. The molecule has 0 atom stereocenters. The number of hydrogen-bond acceptors (Lipinski definition) is 2. The lowest BCUT2D eigenvalue weighted by molar-refractivity contribution is -0.118. The summed E-state index contributed by atoms with van der Waals surface area (Å²) in [6.45, 7) is 0. The van der Waals surface area contributed by atoms with Crippen molar-refractivity contribution in [3.8, 4) is 0 Å². The number of H-pyrrole nitrogens is 1. The van der Waals surface area contributed by atoms with Gasteiger partial charge in [0.05, 0.1) is 6.20 Å². The third kappa shape index (κ3) is 2.84. The fourth-order valence-corrected chi connectivity index (χ4v) is 0.881. The maximum absolute atomic E-state index is 10.3. The molecule has 11 heavy (non-hydrogen) atoms. The van der Waals surface area contributed by atoms with E-state index in [-0.39, 0.29) is 5.91 Å². The lowest BCUT2D eigenvalue weighted by Gasteiger charge is -1.92.